The van der Waals surface area contributed by atoms with Crippen molar-refractivity contribution in [1.29, 1.82) is 0 Å². The molecular formula is C20H22N4O2. The highest BCUT2D eigenvalue weighted by atomic mass is 16.5. The Labute approximate surface area is 152 Å². The summed E-state index contributed by atoms with van der Waals surface area (Å²) in [4.78, 5) is 11.9. The molecule has 1 N–H and O–H groups in total. The van der Waals surface area contributed by atoms with E-state index in [0.29, 0.717) is 32.5 Å². The van der Waals surface area contributed by atoms with E-state index in [1.165, 1.54) is 0 Å². The molecule has 0 atom stereocenters. The Hall–Kier alpha value is -3.15. The Morgan fingerprint density at radius 2 is 1.77 bits per heavy atom. The first-order chi connectivity index (χ1) is 12.8. The SMILES string of the molecule is O=C(CCCn1cc(COc2ccccc2)nn1)NCc1ccccc1. The third-order valence-electron chi connectivity index (χ3n) is 3.84. The highest BCUT2D eigenvalue weighted by Gasteiger charge is 2.05. The van der Waals surface area contributed by atoms with Gasteiger partial charge in [0.05, 0.1) is 6.20 Å². The standard InChI is InChI=1S/C20H22N4O2/c25-20(21-14-17-8-3-1-4-9-17)12-7-13-24-15-18(22-23-24)16-26-19-10-5-2-6-11-19/h1-6,8-11,15H,7,12-14,16H2,(H,21,25). The van der Waals surface area contributed by atoms with Crippen LogP contribution in [0.15, 0.2) is 66.9 Å². The van der Waals surface area contributed by atoms with Crippen LogP contribution in [0.4, 0.5) is 0 Å². The summed E-state index contributed by atoms with van der Waals surface area (Å²) in [5.41, 5.74) is 1.86. The molecule has 1 amide bonds. The summed E-state index contributed by atoms with van der Waals surface area (Å²) in [5, 5.41) is 11.1. The van der Waals surface area contributed by atoms with Gasteiger partial charge in [-0.25, -0.2) is 0 Å². The average Bonchev–Trinajstić information content (AvgIpc) is 3.14. The van der Waals surface area contributed by atoms with Crippen molar-refractivity contribution in [2.24, 2.45) is 0 Å². The maximum Gasteiger partial charge on any atom is 0.220 e. The van der Waals surface area contributed by atoms with Gasteiger partial charge in [-0.1, -0.05) is 53.7 Å². The van der Waals surface area contributed by atoms with Gasteiger partial charge in [0.15, 0.2) is 0 Å². The van der Waals surface area contributed by atoms with Gasteiger partial charge in [0.2, 0.25) is 5.91 Å². The quantitative estimate of drug-likeness (QED) is 0.644. The Morgan fingerprint density at radius 1 is 1.04 bits per heavy atom. The Balaban J connectivity index is 1.34. The molecule has 0 saturated carbocycles. The fourth-order valence-corrected chi connectivity index (χ4v) is 2.47. The first kappa shape index (κ1) is 17.7. The van der Waals surface area contributed by atoms with Gasteiger partial charge in [-0.15, -0.1) is 5.10 Å². The van der Waals surface area contributed by atoms with E-state index in [2.05, 4.69) is 15.6 Å². The van der Waals surface area contributed by atoms with Crippen LogP contribution in [0.3, 0.4) is 0 Å². The van der Waals surface area contributed by atoms with Crippen molar-refractivity contribution in [2.75, 3.05) is 0 Å². The molecule has 3 rings (SSSR count). The van der Waals surface area contributed by atoms with E-state index >= 15 is 0 Å². The fourth-order valence-electron chi connectivity index (χ4n) is 2.47. The van der Waals surface area contributed by atoms with E-state index in [4.69, 9.17) is 4.74 Å². The lowest BCUT2D eigenvalue weighted by atomic mass is 10.2. The lowest BCUT2D eigenvalue weighted by Crippen LogP contribution is -2.22. The van der Waals surface area contributed by atoms with Crippen molar-refractivity contribution in [3.8, 4) is 5.75 Å². The number of aromatic nitrogens is 3. The van der Waals surface area contributed by atoms with E-state index < -0.39 is 0 Å². The Kier molecular flexibility index (Phi) is 6.36. The smallest absolute Gasteiger partial charge is 0.220 e. The maximum atomic E-state index is 11.9. The molecule has 0 aliphatic heterocycles. The van der Waals surface area contributed by atoms with Crippen LogP contribution < -0.4 is 10.1 Å². The van der Waals surface area contributed by atoms with Crippen LogP contribution in [0.25, 0.3) is 0 Å². The number of carbonyl (C=O) groups excluding carboxylic acids is 1. The number of hydrogen-bond acceptors (Lipinski definition) is 4. The van der Waals surface area contributed by atoms with Gasteiger partial charge in [0.25, 0.3) is 0 Å². The number of benzene rings is 2. The molecule has 0 aliphatic rings. The van der Waals surface area contributed by atoms with Crippen molar-refractivity contribution in [3.63, 3.8) is 0 Å². The summed E-state index contributed by atoms with van der Waals surface area (Å²) in [5.74, 6) is 0.846. The summed E-state index contributed by atoms with van der Waals surface area (Å²) in [6.07, 6.45) is 3.02. The summed E-state index contributed by atoms with van der Waals surface area (Å²) < 4.78 is 7.39. The Morgan fingerprint density at radius 3 is 2.54 bits per heavy atom. The summed E-state index contributed by atoms with van der Waals surface area (Å²) in [7, 11) is 0. The minimum absolute atomic E-state index is 0.0432. The molecule has 0 spiro atoms. The van der Waals surface area contributed by atoms with Crippen LogP contribution in [0, 0.1) is 0 Å². The number of rotatable bonds is 9. The second-order valence-electron chi connectivity index (χ2n) is 5.94. The lowest BCUT2D eigenvalue weighted by Gasteiger charge is -2.05. The monoisotopic (exact) mass is 350 g/mol. The van der Waals surface area contributed by atoms with Crippen LogP contribution in [0.2, 0.25) is 0 Å². The van der Waals surface area contributed by atoms with Gasteiger partial charge < -0.3 is 10.1 Å². The van der Waals surface area contributed by atoms with E-state index in [0.717, 1.165) is 17.0 Å². The number of amides is 1. The topological polar surface area (TPSA) is 69.0 Å². The van der Waals surface area contributed by atoms with Crippen molar-refractivity contribution in [3.05, 3.63) is 78.1 Å². The van der Waals surface area contributed by atoms with Gasteiger partial charge in [-0.3, -0.25) is 9.48 Å². The van der Waals surface area contributed by atoms with E-state index in [1.807, 2.05) is 66.9 Å². The first-order valence-corrected chi connectivity index (χ1v) is 8.67. The highest BCUT2D eigenvalue weighted by Crippen LogP contribution is 2.10. The summed E-state index contributed by atoms with van der Waals surface area (Å²) >= 11 is 0. The van der Waals surface area contributed by atoms with Crippen LogP contribution in [0.1, 0.15) is 24.1 Å². The molecule has 2 aromatic carbocycles. The fraction of sp³-hybridized carbons (Fsp3) is 0.250. The van der Waals surface area contributed by atoms with E-state index in [9.17, 15) is 4.79 Å². The zero-order valence-electron chi connectivity index (χ0n) is 14.5. The summed E-state index contributed by atoms with van der Waals surface area (Å²) in [6.45, 7) is 1.59. The number of carbonyl (C=O) groups is 1. The molecule has 0 aliphatic carbocycles. The van der Waals surface area contributed by atoms with Gasteiger partial charge in [-0.05, 0) is 24.1 Å². The lowest BCUT2D eigenvalue weighted by molar-refractivity contribution is -0.121. The normalized spacial score (nSPS) is 10.5. The Bertz CT molecular complexity index is 803. The molecule has 1 heterocycles. The third-order valence-corrected chi connectivity index (χ3v) is 3.84. The van der Waals surface area contributed by atoms with Crippen molar-refractivity contribution < 1.29 is 9.53 Å². The molecule has 0 unspecified atom stereocenters. The van der Waals surface area contributed by atoms with Gasteiger partial charge >= 0.3 is 0 Å². The van der Waals surface area contributed by atoms with Crippen LogP contribution in [-0.2, 0) is 24.5 Å². The zero-order valence-corrected chi connectivity index (χ0v) is 14.5. The largest absolute Gasteiger partial charge is 0.487 e. The molecule has 0 bridgehead atoms. The van der Waals surface area contributed by atoms with Crippen LogP contribution in [0.5, 0.6) is 5.75 Å². The van der Waals surface area contributed by atoms with Gasteiger partial charge in [-0.2, -0.15) is 0 Å². The number of aryl methyl sites for hydroxylation is 1. The second-order valence-corrected chi connectivity index (χ2v) is 5.94. The van der Waals surface area contributed by atoms with Crippen molar-refractivity contribution >= 4 is 5.91 Å². The van der Waals surface area contributed by atoms with Crippen LogP contribution in [-0.4, -0.2) is 20.9 Å². The summed E-state index contributed by atoms with van der Waals surface area (Å²) in [6, 6.07) is 19.5. The number of nitrogens with zero attached hydrogens (tertiary/aromatic N) is 3. The van der Waals surface area contributed by atoms with Crippen molar-refractivity contribution in [1.82, 2.24) is 20.3 Å². The molecular weight excluding hydrogens is 328 g/mol. The molecule has 0 radical (unpaired) electrons. The molecule has 0 saturated heterocycles. The highest BCUT2D eigenvalue weighted by molar-refractivity contribution is 5.75. The zero-order chi connectivity index (χ0) is 18.0. The number of para-hydroxylation sites is 1. The van der Waals surface area contributed by atoms with E-state index in [1.54, 1.807) is 4.68 Å². The molecule has 134 valence electrons. The molecule has 0 fully saturated rings. The maximum absolute atomic E-state index is 11.9. The average molecular weight is 350 g/mol. The molecule has 1 aromatic heterocycles. The van der Waals surface area contributed by atoms with E-state index in [-0.39, 0.29) is 5.91 Å². The van der Waals surface area contributed by atoms with Crippen molar-refractivity contribution in [2.45, 2.75) is 32.5 Å². The molecule has 26 heavy (non-hydrogen) atoms. The number of ether oxygens (including phenoxy) is 1. The minimum Gasteiger partial charge on any atom is -0.487 e. The minimum atomic E-state index is 0.0432. The second kappa shape index (κ2) is 9.36. The number of hydrogen-bond donors (Lipinski definition) is 1. The van der Waals surface area contributed by atoms with Gasteiger partial charge in [0, 0.05) is 19.5 Å². The predicted molar refractivity (Wildman–Crippen MR) is 98.3 cm³/mol. The predicted octanol–water partition coefficient (Wildman–Crippen LogP) is 2.95. The number of nitrogens with one attached hydrogen (secondary N) is 1. The molecule has 6 heteroatoms. The van der Waals surface area contributed by atoms with Crippen LogP contribution >= 0.6 is 0 Å². The third kappa shape index (κ3) is 5.73. The first-order valence-electron chi connectivity index (χ1n) is 8.67. The molecule has 6 nitrogen and oxygen atoms in total. The molecule has 3 aromatic rings. The van der Waals surface area contributed by atoms with Gasteiger partial charge in [0.1, 0.15) is 18.1 Å².